The van der Waals surface area contributed by atoms with E-state index in [1.54, 1.807) is 19.2 Å². The van der Waals surface area contributed by atoms with E-state index in [2.05, 4.69) is 0 Å². The Morgan fingerprint density at radius 2 is 2.23 bits per heavy atom. The molecule has 0 atom stereocenters. The Hall–Kier alpha value is -1.44. The molecule has 0 heterocycles. The largest absolute Gasteiger partial charge is 0.507 e. The van der Waals surface area contributed by atoms with Crippen LogP contribution in [0.25, 0.3) is 6.08 Å². The highest BCUT2D eigenvalue weighted by molar-refractivity contribution is 5.58. The smallest absolute Gasteiger partial charge is 0.123 e. The molecule has 0 aromatic heterocycles. The minimum Gasteiger partial charge on any atom is -0.507 e. The van der Waals surface area contributed by atoms with Crippen molar-refractivity contribution in [2.75, 3.05) is 7.11 Å². The molecule has 1 rings (SSSR count). The highest BCUT2D eigenvalue weighted by Crippen LogP contribution is 2.23. The van der Waals surface area contributed by atoms with Gasteiger partial charge in [-0.05, 0) is 24.6 Å². The first-order valence-electron chi connectivity index (χ1n) is 4.31. The lowest BCUT2D eigenvalue weighted by atomic mass is 10.1. The molecule has 1 aromatic rings. The van der Waals surface area contributed by atoms with Crippen molar-refractivity contribution >= 4 is 6.08 Å². The van der Waals surface area contributed by atoms with Crippen molar-refractivity contribution < 1.29 is 9.84 Å². The summed E-state index contributed by atoms with van der Waals surface area (Å²) in [5, 5.41) is 9.45. The van der Waals surface area contributed by atoms with E-state index in [0.717, 1.165) is 17.7 Å². The first kappa shape index (κ1) is 9.65. The van der Waals surface area contributed by atoms with Crippen LogP contribution < -0.4 is 4.74 Å². The molecular formula is C11H14O2. The Labute approximate surface area is 78.5 Å². The van der Waals surface area contributed by atoms with Gasteiger partial charge in [-0.25, -0.2) is 0 Å². The average Bonchev–Trinajstić information content (AvgIpc) is 2.17. The molecule has 0 saturated carbocycles. The summed E-state index contributed by atoms with van der Waals surface area (Å²) in [7, 11) is 1.61. The van der Waals surface area contributed by atoms with Gasteiger partial charge in [-0.15, -0.1) is 0 Å². The van der Waals surface area contributed by atoms with Gasteiger partial charge < -0.3 is 9.84 Å². The third kappa shape index (κ3) is 2.51. The molecule has 0 amide bonds. The third-order valence-electron chi connectivity index (χ3n) is 1.77. The Kier molecular flexibility index (Phi) is 3.38. The number of ether oxygens (including phenoxy) is 1. The number of methoxy groups -OCH3 is 1. The Morgan fingerprint density at radius 1 is 1.46 bits per heavy atom. The van der Waals surface area contributed by atoms with Gasteiger partial charge in [0.2, 0.25) is 0 Å². The van der Waals surface area contributed by atoms with Crippen molar-refractivity contribution in [1.29, 1.82) is 0 Å². The summed E-state index contributed by atoms with van der Waals surface area (Å²) in [5.74, 6) is 1.04. The van der Waals surface area contributed by atoms with Gasteiger partial charge in [-0.3, -0.25) is 0 Å². The van der Waals surface area contributed by atoms with Crippen molar-refractivity contribution in [2.24, 2.45) is 0 Å². The van der Waals surface area contributed by atoms with Crippen LogP contribution in [0.4, 0.5) is 0 Å². The number of hydrogen-bond donors (Lipinski definition) is 1. The molecule has 1 aromatic carbocycles. The number of aromatic hydroxyl groups is 1. The average molecular weight is 178 g/mol. The number of phenolic OH excluding ortho intramolecular Hbond substituents is 1. The maximum Gasteiger partial charge on any atom is 0.123 e. The van der Waals surface area contributed by atoms with Crippen LogP contribution in [0.2, 0.25) is 0 Å². The topological polar surface area (TPSA) is 29.5 Å². The van der Waals surface area contributed by atoms with Crippen LogP contribution in [0.3, 0.4) is 0 Å². The molecule has 0 saturated heterocycles. The maximum atomic E-state index is 9.45. The highest BCUT2D eigenvalue weighted by Gasteiger charge is 1.98. The zero-order valence-electron chi connectivity index (χ0n) is 7.95. The lowest BCUT2D eigenvalue weighted by molar-refractivity contribution is 0.412. The Morgan fingerprint density at radius 3 is 2.85 bits per heavy atom. The van der Waals surface area contributed by atoms with E-state index in [9.17, 15) is 5.11 Å². The molecule has 0 radical (unpaired) electrons. The first-order valence-corrected chi connectivity index (χ1v) is 4.31. The fourth-order valence-electron chi connectivity index (χ4n) is 1.04. The van der Waals surface area contributed by atoms with E-state index in [4.69, 9.17) is 4.74 Å². The van der Waals surface area contributed by atoms with Gasteiger partial charge in [0.15, 0.2) is 0 Å². The van der Waals surface area contributed by atoms with Gasteiger partial charge >= 0.3 is 0 Å². The molecular weight excluding hydrogens is 164 g/mol. The van der Waals surface area contributed by atoms with E-state index in [1.807, 2.05) is 25.1 Å². The van der Waals surface area contributed by atoms with Crippen molar-refractivity contribution in [1.82, 2.24) is 0 Å². The summed E-state index contributed by atoms with van der Waals surface area (Å²) in [6.45, 7) is 2.05. The third-order valence-corrected chi connectivity index (χ3v) is 1.77. The minimum absolute atomic E-state index is 0.283. The van der Waals surface area contributed by atoms with E-state index >= 15 is 0 Å². The summed E-state index contributed by atoms with van der Waals surface area (Å²) in [5.41, 5.74) is 0.793. The van der Waals surface area contributed by atoms with Gasteiger partial charge in [0.05, 0.1) is 7.11 Å². The van der Waals surface area contributed by atoms with E-state index in [1.165, 1.54) is 0 Å². The number of allylic oxidation sites excluding steroid dienone is 1. The van der Waals surface area contributed by atoms with E-state index in [0.29, 0.717) is 0 Å². The van der Waals surface area contributed by atoms with Crippen LogP contribution in [0, 0.1) is 0 Å². The molecule has 0 spiro atoms. The summed E-state index contributed by atoms with van der Waals surface area (Å²) in [4.78, 5) is 0. The number of benzene rings is 1. The fourth-order valence-corrected chi connectivity index (χ4v) is 1.04. The van der Waals surface area contributed by atoms with Gasteiger partial charge in [0, 0.05) is 5.56 Å². The molecule has 13 heavy (non-hydrogen) atoms. The second-order valence-electron chi connectivity index (χ2n) is 2.74. The lowest BCUT2D eigenvalue weighted by Gasteiger charge is -2.02. The standard InChI is InChI=1S/C11H14O2/c1-3-4-5-9-8-10(13-2)6-7-11(9)12/h4-8,12H,3H2,1-2H3/b5-4+. The van der Waals surface area contributed by atoms with Crippen LogP contribution in [-0.4, -0.2) is 12.2 Å². The fraction of sp³-hybridized carbons (Fsp3) is 0.273. The van der Waals surface area contributed by atoms with Gasteiger partial charge in [0.25, 0.3) is 0 Å². The monoisotopic (exact) mass is 178 g/mol. The molecule has 0 aliphatic heterocycles. The zero-order valence-corrected chi connectivity index (χ0v) is 7.95. The van der Waals surface area contributed by atoms with E-state index in [-0.39, 0.29) is 5.75 Å². The normalized spacial score (nSPS) is 10.6. The molecule has 0 aliphatic carbocycles. The van der Waals surface area contributed by atoms with Crippen molar-refractivity contribution in [3.8, 4) is 11.5 Å². The van der Waals surface area contributed by atoms with Crippen molar-refractivity contribution in [3.63, 3.8) is 0 Å². The summed E-state index contributed by atoms with van der Waals surface area (Å²) >= 11 is 0. The summed E-state index contributed by atoms with van der Waals surface area (Å²) < 4.78 is 5.04. The molecule has 0 unspecified atom stereocenters. The lowest BCUT2D eigenvalue weighted by Crippen LogP contribution is -1.83. The van der Waals surface area contributed by atoms with Crippen LogP contribution >= 0.6 is 0 Å². The molecule has 2 heteroatoms. The van der Waals surface area contributed by atoms with Crippen molar-refractivity contribution in [2.45, 2.75) is 13.3 Å². The van der Waals surface area contributed by atoms with Crippen LogP contribution in [0.5, 0.6) is 11.5 Å². The zero-order chi connectivity index (χ0) is 9.68. The second-order valence-corrected chi connectivity index (χ2v) is 2.74. The predicted octanol–water partition coefficient (Wildman–Crippen LogP) is 2.82. The first-order chi connectivity index (χ1) is 6.27. The molecule has 0 bridgehead atoms. The Bertz CT molecular complexity index is 303. The molecule has 70 valence electrons. The molecule has 2 nitrogen and oxygen atoms in total. The number of phenols is 1. The van der Waals surface area contributed by atoms with Gasteiger partial charge in [-0.1, -0.05) is 19.1 Å². The van der Waals surface area contributed by atoms with Gasteiger partial charge in [0.1, 0.15) is 11.5 Å². The summed E-state index contributed by atoms with van der Waals surface area (Å²) in [6, 6.07) is 5.17. The number of hydrogen-bond acceptors (Lipinski definition) is 2. The van der Waals surface area contributed by atoms with Crippen molar-refractivity contribution in [3.05, 3.63) is 29.8 Å². The minimum atomic E-state index is 0.283. The molecule has 0 fully saturated rings. The van der Waals surface area contributed by atoms with Gasteiger partial charge in [-0.2, -0.15) is 0 Å². The SMILES string of the molecule is CC/C=C/c1cc(OC)ccc1O. The summed E-state index contributed by atoms with van der Waals surface area (Å²) in [6.07, 6.45) is 4.84. The molecule has 0 aliphatic rings. The molecule has 1 N–H and O–H groups in total. The van der Waals surface area contributed by atoms with Crippen LogP contribution in [0.15, 0.2) is 24.3 Å². The highest BCUT2D eigenvalue weighted by atomic mass is 16.5. The van der Waals surface area contributed by atoms with E-state index < -0.39 is 0 Å². The second kappa shape index (κ2) is 4.55. The maximum absolute atomic E-state index is 9.45. The predicted molar refractivity (Wildman–Crippen MR) is 54.0 cm³/mol. The van der Waals surface area contributed by atoms with Crippen LogP contribution in [0.1, 0.15) is 18.9 Å². The van der Waals surface area contributed by atoms with Crippen LogP contribution in [-0.2, 0) is 0 Å². The Balaban J connectivity index is 2.97. The quantitative estimate of drug-likeness (QED) is 0.771. The number of rotatable bonds is 3.